The zero-order valence-corrected chi connectivity index (χ0v) is 11.0. The molecular formula is C11H11ClN2O5. The summed E-state index contributed by atoms with van der Waals surface area (Å²) in [5.74, 6) is -1.26. The van der Waals surface area contributed by atoms with Gasteiger partial charge < -0.3 is 10.1 Å². The van der Waals surface area contributed by atoms with Gasteiger partial charge in [-0.3, -0.25) is 14.9 Å². The lowest BCUT2D eigenvalue weighted by atomic mass is 10.1. The molecular weight excluding hydrogens is 276 g/mol. The van der Waals surface area contributed by atoms with Gasteiger partial charge in [-0.2, -0.15) is 0 Å². The van der Waals surface area contributed by atoms with Crippen molar-refractivity contribution in [2.24, 2.45) is 0 Å². The molecule has 1 aromatic carbocycles. The Kier molecular flexibility index (Phi) is 4.82. The predicted octanol–water partition coefficient (Wildman–Crippen LogP) is 2.38. The third-order valence-corrected chi connectivity index (χ3v) is 2.40. The molecule has 1 amide bonds. The number of esters is 1. The lowest BCUT2D eigenvalue weighted by Gasteiger charge is -2.08. The monoisotopic (exact) mass is 286 g/mol. The van der Waals surface area contributed by atoms with Crippen molar-refractivity contribution in [2.45, 2.75) is 13.8 Å². The lowest BCUT2D eigenvalue weighted by Crippen LogP contribution is -2.11. The fraction of sp³-hybridized carbons (Fsp3) is 0.273. The number of ether oxygens (including phenoxy) is 1. The predicted molar refractivity (Wildman–Crippen MR) is 68.4 cm³/mol. The van der Waals surface area contributed by atoms with Crippen LogP contribution in [0.3, 0.4) is 0 Å². The molecule has 0 atom stereocenters. The highest BCUT2D eigenvalue weighted by atomic mass is 35.5. The van der Waals surface area contributed by atoms with Crippen molar-refractivity contribution in [1.29, 1.82) is 0 Å². The van der Waals surface area contributed by atoms with Gasteiger partial charge in [-0.15, -0.1) is 0 Å². The number of hydrogen-bond acceptors (Lipinski definition) is 5. The Hall–Kier alpha value is -2.15. The molecule has 8 heteroatoms. The van der Waals surface area contributed by atoms with Crippen molar-refractivity contribution in [2.75, 3.05) is 11.9 Å². The lowest BCUT2D eigenvalue weighted by molar-refractivity contribution is -0.385. The number of nitrogens with zero attached hydrogens (tertiary/aromatic N) is 1. The van der Waals surface area contributed by atoms with E-state index in [4.69, 9.17) is 16.3 Å². The van der Waals surface area contributed by atoms with E-state index >= 15 is 0 Å². The first-order valence-electron chi connectivity index (χ1n) is 5.29. The number of carbonyl (C=O) groups excluding carboxylic acids is 2. The number of anilines is 1. The highest BCUT2D eigenvalue weighted by Crippen LogP contribution is 2.31. The standard InChI is InChI=1S/C11H11ClN2O5/c1-3-19-11(16)7-4-9(13-6(2)15)8(12)5-10(7)14(17)18/h4-5H,3H2,1-2H3,(H,13,15). The van der Waals surface area contributed by atoms with Gasteiger partial charge in [0.15, 0.2) is 0 Å². The second-order valence-electron chi connectivity index (χ2n) is 3.51. The average Bonchev–Trinajstić information content (AvgIpc) is 2.30. The quantitative estimate of drug-likeness (QED) is 0.520. The normalized spacial score (nSPS) is 9.84. The SMILES string of the molecule is CCOC(=O)c1cc(NC(C)=O)c(Cl)cc1[N+](=O)[O-]. The van der Waals surface area contributed by atoms with Crippen LogP contribution in [0.4, 0.5) is 11.4 Å². The van der Waals surface area contributed by atoms with Gasteiger partial charge in [0, 0.05) is 13.0 Å². The molecule has 0 aromatic heterocycles. The van der Waals surface area contributed by atoms with E-state index in [1.807, 2.05) is 0 Å². The summed E-state index contributed by atoms with van der Waals surface area (Å²) in [4.78, 5) is 32.7. The summed E-state index contributed by atoms with van der Waals surface area (Å²) in [6.45, 7) is 2.91. The van der Waals surface area contributed by atoms with E-state index in [1.165, 1.54) is 6.92 Å². The molecule has 0 aliphatic carbocycles. The third kappa shape index (κ3) is 3.65. The van der Waals surface area contributed by atoms with E-state index in [2.05, 4.69) is 5.32 Å². The number of halogens is 1. The van der Waals surface area contributed by atoms with Gasteiger partial charge >= 0.3 is 5.97 Å². The van der Waals surface area contributed by atoms with Crippen LogP contribution >= 0.6 is 11.6 Å². The summed E-state index contributed by atoms with van der Waals surface area (Å²) in [6, 6.07) is 2.12. The van der Waals surface area contributed by atoms with Crippen LogP contribution < -0.4 is 5.32 Å². The van der Waals surface area contributed by atoms with Gasteiger partial charge in [0.25, 0.3) is 5.69 Å². The molecule has 0 spiro atoms. The zero-order chi connectivity index (χ0) is 14.6. The maximum Gasteiger partial charge on any atom is 0.345 e. The minimum atomic E-state index is -0.850. The summed E-state index contributed by atoms with van der Waals surface area (Å²) in [5, 5.41) is 13.2. The number of carbonyl (C=O) groups is 2. The third-order valence-electron chi connectivity index (χ3n) is 2.09. The number of nitro groups is 1. The first kappa shape index (κ1) is 14.9. The van der Waals surface area contributed by atoms with Crippen LogP contribution in [0.5, 0.6) is 0 Å². The van der Waals surface area contributed by atoms with E-state index in [0.29, 0.717) is 0 Å². The minimum Gasteiger partial charge on any atom is -0.462 e. The molecule has 7 nitrogen and oxygen atoms in total. The molecule has 1 N–H and O–H groups in total. The molecule has 0 saturated carbocycles. The van der Waals surface area contributed by atoms with Crippen molar-refractivity contribution in [1.82, 2.24) is 0 Å². The number of benzene rings is 1. The zero-order valence-electron chi connectivity index (χ0n) is 10.2. The largest absolute Gasteiger partial charge is 0.462 e. The Bertz CT molecular complexity index is 544. The number of amides is 1. The summed E-state index contributed by atoms with van der Waals surface area (Å²) in [6.07, 6.45) is 0. The van der Waals surface area contributed by atoms with Crippen LogP contribution in [0.1, 0.15) is 24.2 Å². The molecule has 0 fully saturated rings. The van der Waals surface area contributed by atoms with Crippen molar-refractivity contribution < 1.29 is 19.2 Å². The first-order chi connectivity index (χ1) is 8.86. The highest BCUT2D eigenvalue weighted by molar-refractivity contribution is 6.34. The van der Waals surface area contributed by atoms with E-state index in [9.17, 15) is 19.7 Å². The first-order valence-corrected chi connectivity index (χ1v) is 5.67. The second kappa shape index (κ2) is 6.14. The summed E-state index contributed by atoms with van der Waals surface area (Å²) in [7, 11) is 0. The Morgan fingerprint density at radius 2 is 2.11 bits per heavy atom. The topological polar surface area (TPSA) is 98.5 Å². The van der Waals surface area contributed by atoms with Crippen LogP contribution in [-0.2, 0) is 9.53 Å². The van der Waals surface area contributed by atoms with Gasteiger partial charge in [-0.05, 0) is 13.0 Å². The number of nitro benzene ring substituents is 1. The van der Waals surface area contributed by atoms with Crippen molar-refractivity contribution in [3.63, 3.8) is 0 Å². The molecule has 0 aliphatic rings. The molecule has 0 saturated heterocycles. The maximum atomic E-state index is 11.6. The van der Waals surface area contributed by atoms with Crippen LogP contribution in [-0.4, -0.2) is 23.4 Å². The molecule has 1 aromatic rings. The molecule has 102 valence electrons. The Morgan fingerprint density at radius 1 is 1.47 bits per heavy atom. The van der Waals surface area contributed by atoms with Crippen molar-refractivity contribution >= 4 is 34.9 Å². The second-order valence-corrected chi connectivity index (χ2v) is 3.92. The number of hydrogen-bond donors (Lipinski definition) is 1. The summed E-state index contributed by atoms with van der Waals surface area (Å²) < 4.78 is 4.72. The molecule has 1 rings (SSSR count). The Balaban J connectivity index is 3.34. The summed E-state index contributed by atoms with van der Waals surface area (Å²) in [5.41, 5.74) is -0.625. The van der Waals surface area contributed by atoms with Crippen molar-refractivity contribution in [3.8, 4) is 0 Å². The molecule has 0 heterocycles. The van der Waals surface area contributed by atoms with Crippen LogP contribution in [0.15, 0.2) is 12.1 Å². The molecule has 0 radical (unpaired) electrons. The van der Waals surface area contributed by atoms with Gasteiger partial charge in [0.2, 0.25) is 5.91 Å². The smallest absolute Gasteiger partial charge is 0.345 e. The summed E-state index contributed by atoms with van der Waals surface area (Å²) >= 11 is 5.80. The molecule has 0 unspecified atom stereocenters. The van der Waals surface area contributed by atoms with E-state index in [1.54, 1.807) is 6.92 Å². The van der Waals surface area contributed by atoms with Crippen molar-refractivity contribution in [3.05, 3.63) is 32.8 Å². The van der Waals surface area contributed by atoms with Crippen LogP contribution in [0.25, 0.3) is 0 Å². The molecule has 0 bridgehead atoms. The highest BCUT2D eigenvalue weighted by Gasteiger charge is 2.24. The van der Waals surface area contributed by atoms with Gasteiger partial charge in [-0.25, -0.2) is 4.79 Å². The van der Waals surface area contributed by atoms with Gasteiger partial charge in [-0.1, -0.05) is 11.6 Å². The van der Waals surface area contributed by atoms with E-state index < -0.39 is 22.5 Å². The fourth-order valence-corrected chi connectivity index (χ4v) is 1.58. The van der Waals surface area contributed by atoms with Crippen LogP contribution in [0.2, 0.25) is 5.02 Å². The van der Waals surface area contributed by atoms with Gasteiger partial charge in [0.1, 0.15) is 5.56 Å². The Morgan fingerprint density at radius 3 is 2.58 bits per heavy atom. The van der Waals surface area contributed by atoms with Gasteiger partial charge in [0.05, 0.1) is 22.2 Å². The van der Waals surface area contributed by atoms with E-state index in [0.717, 1.165) is 12.1 Å². The number of nitrogens with one attached hydrogen (secondary N) is 1. The van der Waals surface area contributed by atoms with Crippen LogP contribution in [0, 0.1) is 10.1 Å². The Labute approximate surface area is 113 Å². The van der Waals surface area contributed by atoms with E-state index in [-0.39, 0.29) is 22.9 Å². The number of rotatable bonds is 4. The molecule has 0 aliphatic heterocycles. The maximum absolute atomic E-state index is 11.6. The average molecular weight is 287 g/mol. The minimum absolute atomic E-state index is 0.0325. The fourth-order valence-electron chi connectivity index (χ4n) is 1.37. The molecule has 19 heavy (non-hydrogen) atoms.